The molecule has 0 amide bonds. The van der Waals surface area contributed by atoms with E-state index in [-0.39, 0.29) is 16.9 Å². The van der Waals surface area contributed by atoms with Crippen LogP contribution in [0.4, 0.5) is 0 Å². The van der Waals surface area contributed by atoms with Crippen molar-refractivity contribution in [2.45, 2.75) is 4.90 Å². The minimum atomic E-state index is -4.88. The fourth-order valence-corrected chi connectivity index (χ4v) is 4.84. The van der Waals surface area contributed by atoms with Crippen molar-refractivity contribution in [3.63, 3.8) is 0 Å². The fourth-order valence-electron chi connectivity index (χ4n) is 3.69. The number of hydrogen-bond donors (Lipinski definition) is 3. The first kappa shape index (κ1) is 26.2. The van der Waals surface area contributed by atoms with E-state index in [0.29, 0.717) is 0 Å². The van der Waals surface area contributed by atoms with Crippen molar-refractivity contribution < 1.29 is 42.3 Å². The molecule has 4 rings (SSSR count). The van der Waals surface area contributed by atoms with Crippen LogP contribution in [0, 0.1) is 0 Å². The standard InChI is InChI=1S/C23H12N6O9S/c24-28-26-19-18-14(22(34)23(35)20(19)27-29-25)2-1-3-17(18)39(36,37)38-11-5-7-13(16(32)9-11)21(33)12-6-4-10(30)8-15(12)31/h1-9,30-32H. The van der Waals surface area contributed by atoms with Crippen LogP contribution in [0.25, 0.3) is 26.6 Å². The van der Waals surface area contributed by atoms with E-state index in [9.17, 15) is 38.1 Å². The third-order valence-corrected chi connectivity index (χ3v) is 6.65. The number of benzene rings is 3. The summed E-state index contributed by atoms with van der Waals surface area (Å²) in [5.41, 5.74) is 14.5. The van der Waals surface area contributed by atoms with Gasteiger partial charge in [-0.05, 0) is 41.4 Å². The number of carbonyl (C=O) groups is 3. The lowest BCUT2D eigenvalue weighted by molar-refractivity contribution is -0.111. The van der Waals surface area contributed by atoms with Crippen LogP contribution >= 0.6 is 0 Å². The molecule has 0 radical (unpaired) electrons. The summed E-state index contributed by atoms with van der Waals surface area (Å²) >= 11 is 0. The molecule has 0 heterocycles. The molecule has 39 heavy (non-hydrogen) atoms. The molecular formula is C23H12N6O9S. The fraction of sp³-hybridized carbons (Fsp3) is 0. The van der Waals surface area contributed by atoms with Crippen LogP contribution in [-0.2, 0) is 14.9 Å². The number of rotatable bonds is 7. The Labute approximate surface area is 217 Å². The van der Waals surface area contributed by atoms with Crippen molar-refractivity contribution in [3.05, 3.63) is 103 Å². The molecule has 0 spiro atoms. The topological polar surface area (TPSA) is 253 Å². The number of azide groups is 2. The van der Waals surface area contributed by atoms with Crippen molar-refractivity contribution in [3.8, 4) is 23.0 Å². The smallest absolute Gasteiger partial charge is 0.339 e. The average Bonchev–Trinajstić information content (AvgIpc) is 2.88. The van der Waals surface area contributed by atoms with Gasteiger partial charge in [0, 0.05) is 33.1 Å². The molecule has 1 aliphatic carbocycles. The van der Waals surface area contributed by atoms with Crippen LogP contribution in [-0.4, -0.2) is 41.1 Å². The molecule has 3 aromatic rings. The number of ketones is 3. The van der Waals surface area contributed by atoms with Crippen molar-refractivity contribution in [1.82, 2.24) is 0 Å². The normalized spacial score (nSPS) is 12.7. The maximum atomic E-state index is 13.2. The number of phenolic OH excluding ortho intramolecular Hbond substituents is 3. The van der Waals surface area contributed by atoms with E-state index in [1.165, 1.54) is 0 Å². The summed E-state index contributed by atoms with van der Waals surface area (Å²) in [6, 6.07) is 9.19. The van der Waals surface area contributed by atoms with Gasteiger partial charge in [-0.1, -0.05) is 22.4 Å². The molecule has 0 unspecified atom stereocenters. The lowest BCUT2D eigenvalue weighted by Crippen LogP contribution is -2.25. The Hall–Kier alpha value is -5.82. The molecule has 1 aliphatic rings. The Kier molecular flexibility index (Phi) is 6.67. The molecule has 0 atom stereocenters. The zero-order chi connectivity index (χ0) is 28.5. The quantitative estimate of drug-likeness (QED) is 0.0965. The monoisotopic (exact) mass is 548 g/mol. The summed E-state index contributed by atoms with van der Waals surface area (Å²) in [6.45, 7) is 0. The van der Waals surface area contributed by atoms with E-state index in [0.717, 1.165) is 54.6 Å². The van der Waals surface area contributed by atoms with Crippen molar-refractivity contribution in [1.29, 1.82) is 0 Å². The number of Topliss-reactive ketones (excluding diaryl/α,β-unsaturated/α-hetero) is 2. The Morgan fingerprint density at radius 3 is 2.05 bits per heavy atom. The van der Waals surface area contributed by atoms with Gasteiger partial charge in [0.1, 0.15) is 27.9 Å². The van der Waals surface area contributed by atoms with Gasteiger partial charge in [-0.15, -0.1) is 0 Å². The van der Waals surface area contributed by atoms with Crippen molar-refractivity contribution in [2.24, 2.45) is 10.2 Å². The van der Waals surface area contributed by atoms with Gasteiger partial charge < -0.3 is 19.5 Å². The molecule has 16 heteroatoms. The highest BCUT2D eigenvalue weighted by Gasteiger charge is 2.36. The third-order valence-electron chi connectivity index (χ3n) is 5.36. The van der Waals surface area contributed by atoms with Gasteiger partial charge in [-0.3, -0.25) is 14.4 Å². The molecule has 0 fully saturated rings. The van der Waals surface area contributed by atoms with Gasteiger partial charge in [0.05, 0.1) is 22.5 Å². The number of nitrogens with zero attached hydrogens (tertiary/aromatic N) is 6. The average molecular weight is 548 g/mol. The van der Waals surface area contributed by atoms with E-state index in [2.05, 4.69) is 20.1 Å². The molecular weight excluding hydrogens is 536 g/mol. The molecule has 15 nitrogen and oxygen atoms in total. The van der Waals surface area contributed by atoms with Crippen molar-refractivity contribution in [2.75, 3.05) is 0 Å². The molecule has 0 bridgehead atoms. The lowest BCUT2D eigenvalue weighted by atomic mass is 9.91. The number of hydrogen-bond acceptors (Lipinski definition) is 11. The number of fused-ring (bicyclic) bond motifs is 1. The first-order chi connectivity index (χ1) is 18.5. The molecule has 3 N–H and O–H groups in total. The predicted molar refractivity (Wildman–Crippen MR) is 130 cm³/mol. The second-order valence-corrected chi connectivity index (χ2v) is 9.17. The first-order valence-electron chi connectivity index (χ1n) is 10.4. The van der Waals surface area contributed by atoms with E-state index in [4.69, 9.17) is 15.2 Å². The summed E-state index contributed by atoms with van der Waals surface area (Å²) in [5.74, 6) is -5.47. The van der Waals surface area contributed by atoms with Gasteiger partial charge in [0.15, 0.2) is 5.78 Å². The summed E-state index contributed by atoms with van der Waals surface area (Å²) in [7, 11) is -4.88. The van der Waals surface area contributed by atoms with Crippen LogP contribution in [0.15, 0.2) is 75.4 Å². The van der Waals surface area contributed by atoms with E-state index in [1.54, 1.807) is 0 Å². The minimum Gasteiger partial charge on any atom is -0.508 e. The minimum absolute atomic E-state index is 0.257. The highest BCUT2D eigenvalue weighted by atomic mass is 32.2. The van der Waals surface area contributed by atoms with Crippen LogP contribution in [0.1, 0.15) is 31.8 Å². The zero-order valence-corrected chi connectivity index (χ0v) is 19.9. The van der Waals surface area contributed by atoms with Crippen LogP contribution in [0.5, 0.6) is 23.0 Å². The largest absolute Gasteiger partial charge is 0.508 e. The van der Waals surface area contributed by atoms with Gasteiger partial charge in [0.2, 0.25) is 11.6 Å². The van der Waals surface area contributed by atoms with Gasteiger partial charge in [-0.25, -0.2) is 0 Å². The molecule has 3 aromatic carbocycles. The second kappa shape index (κ2) is 9.91. The van der Waals surface area contributed by atoms with Gasteiger partial charge in [-0.2, -0.15) is 8.42 Å². The predicted octanol–water partition coefficient (Wildman–Crippen LogP) is 3.86. The summed E-state index contributed by atoms with van der Waals surface area (Å²) in [5, 5.41) is 36.0. The van der Waals surface area contributed by atoms with E-state index < -0.39 is 72.1 Å². The maximum absolute atomic E-state index is 13.2. The van der Waals surface area contributed by atoms with E-state index >= 15 is 0 Å². The summed E-state index contributed by atoms with van der Waals surface area (Å²) < 4.78 is 31.5. The Morgan fingerprint density at radius 1 is 0.821 bits per heavy atom. The summed E-state index contributed by atoms with van der Waals surface area (Å²) in [4.78, 5) is 41.8. The van der Waals surface area contributed by atoms with E-state index in [1.807, 2.05) is 0 Å². The van der Waals surface area contributed by atoms with Gasteiger partial charge >= 0.3 is 10.1 Å². The van der Waals surface area contributed by atoms with Crippen LogP contribution in [0.3, 0.4) is 0 Å². The number of phenols is 3. The SMILES string of the molecule is [N-]=[N+]=NC1=C(N=[N+]=[N-])c2c(cccc2S(=O)(=O)Oc2ccc(C(=O)c3ccc(O)cc3O)c(O)c2)C(=O)C1=O. The molecule has 0 saturated heterocycles. The maximum Gasteiger partial charge on any atom is 0.339 e. The number of aromatic hydroxyl groups is 3. The highest BCUT2D eigenvalue weighted by Crippen LogP contribution is 2.38. The molecule has 194 valence electrons. The lowest BCUT2D eigenvalue weighted by Gasteiger charge is -2.19. The molecule has 0 saturated carbocycles. The third kappa shape index (κ3) is 4.68. The Bertz CT molecular complexity index is 1850. The van der Waals surface area contributed by atoms with Crippen LogP contribution < -0.4 is 4.18 Å². The van der Waals surface area contributed by atoms with Crippen molar-refractivity contribution >= 4 is 33.2 Å². The molecule has 0 aromatic heterocycles. The number of carbonyl (C=O) groups excluding carboxylic acids is 3. The van der Waals surface area contributed by atoms with Crippen LogP contribution in [0.2, 0.25) is 0 Å². The number of allylic oxidation sites excluding steroid dienone is 1. The zero-order valence-electron chi connectivity index (χ0n) is 19.1. The second-order valence-electron chi connectivity index (χ2n) is 7.66. The van der Waals surface area contributed by atoms with Gasteiger partial charge in [0.25, 0.3) is 0 Å². The first-order valence-corrected chi connectivity index (χ1v) is 11.8. The Morgan fingerprint density at radius 2 is 1.44 bits per heavy atom. The highest BCUT2D eigenvalue weighted by molar-refractivity contribution is 7.87. The molecule has 0 aliphatic heterocycles. The Balaban J connectivity index is 1.78. The summed E-state index contributed by atoms with van der Waals surface area (Å²) in [6.07, 6.45) is 0.